The van der Waals surface area contributed by atoms with Crippen LogP contribution >= 0.6 is 27.7 Å². The van der Waals surface area contributed by atoms with Crippen molar-refractivity contribution in [3.8, 4) is 0 Å². The monoisotopic (exact) mass is 344 g/mol. The van der Waals surface area contributed by atoms with Gasteiger partial charge in [-0.3, -0.25) is 0 Å². The highest BCUT2D eigenvalue weighted by molar-refractivity contribution is 9.10. The Kier molecular flexibility index (Phi) is 5.73. The first-order chi connectivity index (χ1) is 9.20. The Hall–Kier alpha value is -0.520. The number of rotatable bonds is 4. The second-order valence-electron chi connectivity index (χ2n) is 4.42. The largest absolute Gasteiger partial charge is 0.465 e. The molecule has 1 saturated heterocycles. The number of thioether (sulfide) groups is 1. The van der Waals surface area contributed by atoms with Crippen LogP contribution < -0.4 is 0 Å². The molecule has 0 radical (unpaired) electrons. The van der Waals surface area contributed by atoms with Gasteiger partial charge >= 0.3 is 5.97 Å². The van der Waals surface area contributed by atoms with Crippen molar-refractivity contribution in [3.05, 3.63) is 33.8 Å². The van der Waals surface area contributed by atoms with Gasteiger partial charge in [0.25, 0.3) is 0 Å². The molecular weight excluding hydrogens is 328 g/mol. The predicted molar refractivity (Wildman–Crippen MR) is 80.6 cm³/mol. The van der Waals surface area contributed by atoms with Crippen LogP contribution in [0.3, 0.4) is 0 Å². The van der Waals surface area contributed by atoms with Crippen LogP contribution in [0.5, 0.6) is 0 Å². The summed E-state index contributed by atoms with van der Waals surface area (Å²) < 4.78 is 11.0. The number of hydrogen-bond acceptors (Lipinski definition) is 4. The van der Waals surface area contributed by atoms with Crippen molar-refractivity contribution in [2.45, 2.75) is 23.8 Å². The van der Waals surface area contributed by atoms with Gasteiger partial charge in [0.05, 0.1) is 12.7 Å². The summed E-state index contributed by atoms with van der Waals surface area (Å²) in [4.78, 5) is 11.4. The third-order valence-electron chi connectivity index (χ3n) is 3.12. The minimum Gasteiger partial charge on any atom is -0.465 e. The maximum Gasteiger partial charge on any atom is 0.337 e. The van der Waals surface area contributed by atoms with Gasteiger partial charge in [0.15, 0.2) is 0 Å². The van der Waals surface area contributed by atoms with Crippen LogP contribution in [0.4, 0.5) is 0 Å². The minimum atomic E-state index is -0.302. The summed E-state index contributed by atoms with van der Waals surface area (Å²) in [6.07, 6.45) is 2.26. The molecule has 0 aromatic heterocycles. The average molecular weight is 345 g/mol. The molecule has 0 aliphatic carbocycles. The van der Waals surface area contributed by atoms with E-state index < -0.39 is 0 Å². The zero-order valence-corrected chi connectivity index (χ0v) is 13.3. The molecule has 0 unspecified atom stereocenters. The average Bonchev–Trinajstić information content (AvgIpc) is 2.46. The second kappa shape index (κ2) is 7.31. The van der Waals surface area contributed by atoms with Crippen molar-refractivity contribution in [2.24, 2.45) is 0 Å². The minimum absolute atomic E-state index is 0.302. The summed E-state index contributed by atoms with van der Waals surface area (Å²) in [5, 5.41) is 0.681. The Labute approximate surface area is 126 Å². The SMILES string of the molecule is COC(=O)c1ccc(CSC2CCOCC2)c(Br)c1. The fourth-order valence-corrected chi connectivity index (χ4v) is 3.86. The number of halogens is 1. The van der Waals surface area contributed by atoms with Gasteiger partial charge in [-0.2, -0.15) is 11.8 Å². The third-order valence-corrected chi connectivity index (χ3v) is 5.28. The quantitative estimate of drug-likeness (QED) is 0.781. The molecule has 0 bridgehead atoms. The number of esters is 1. The zero-order chi connectivity index (χ0) is 13.7. The highest BCUT2D eigenvalue weighted by Gasteiger charge is 2.15. The summed E-state index contributed by atoms with van der Waals surface area (Å²) in [5.74, 6) is 0.650. The smallest absolute Gasteiger partial charge is 0.337 e. The van der Waals surface area contributed by atoms with Gasteiger partial charge in [0.1, 0.15) is 0 Å². The number of hydrogen-bond donors (Lipinski definition) is 0. The third kappa shape index (κ3) is 4.23. The Balaban J connectivity index is 1.95. The van der Waals surface area contributed by atoms with Gasteiger partial charge in [-0.25, -0.2) is 4.79 Å². The molecule has 1 aliphatic heterocycles. The van der Waals surface area contributed by atoms with Crippen molar-refractivity contribution >= 4 is 33.7 Å². The molecule has 0 saturated carbocycles. The molecule has 3 nitrogen and oxygen atoms in total. The molecule has 2 rings (SSSR count). The van der Waals surface area contributed by atoms with Crippen LogP contribution in [0, 0.1) is 0 Å². The van der Waals surface area contributed by atoms with E-state index in [4.69, 9.17) is 9.47 Å². The van der Waals surface area contributed by atoms with Gasteiger partial charge in [0.2, 0.25) is 0 Å². The van der Waals surface area contributed by atoms with Crippen molar-refractivity contribution < 1.29 is 14.3 Å². The lowest BCUT2D eigenvalue weighted by Crippen LogP contribution is -2.17. The number of carbonyl (C=O) groups is 1. The lowest BCUT2D eigenvalue weighted by atomic mass is 10.1. The normalized spacial score (nSPS) is 16.3. The molecule has 19 heavy (non-hydrogen) atoms. The Morgan fingerprint density at radius 1 is 1.47 bits per heavy atom. The van der Waals surface area contributed by atoms with Gasteiger partial charge in [-0.05, 0) is 30.5 Å². The van der Waals surface area contributed by atoms with Crippen molar-refractivity contribution in [3.63, 3.8) is 0 Å². The van der Waals surface area contributed by atoms with Crippen LogP contribution in [-0.4, -0.2) is 31.5 Å². The van der Waals surface area contributed by atoms with Crippen LogP contribution in [-0.2, 0) is 15.2 Å². The highest BCUT2D eigenvalue weighted by Crippen LogP contribution is 2.29. The first-order valence-corrected chi connectivity index (χ1v) is 8.11. The number of ether oxygens (including phenoxy) is 2. The molecule has 0 amide bonds. The van der Waals surface area contributed by atoms with E-state index in [1.54, 1.807) is 0 Å². The molecule has 1 aromatic carbocycles. The summed E-state index contributed by atoms with van der Waals surface area (Å²) in [5.41, 5.74) is 1.79. The van der Waals surface area contributed by atoms with Crippen molar-refractivity contribution in [1.82, 2.24) is 0 Å². The van der Waals surface area contributed by atoms with Crippen molar-refractivity contribution in [2.75, 3.05) is 20.3 Å². The van der Waals surface area contributed by atoms with E-state index in [1.807, 2.05) is 30.0 Å². The number of carbonyl (C=O) groups excluding carboxylic acids is 1. The van der Waals surface area contributed by atoms with Gasteiger partial charge in [0, 0.05) is 28.7 Å². The highest BCUT2D eigenvalue weighted by atomic mass is 79.9. The van der Waals surface area contributed by atoms with Crippen LogP contribution in [0.2, 0.25) is 0 Å². The molecule has 1 fully saturated rings. The Morgan fingerprint density at radius 2 is 2.21 bits per heavy atom. The van der Waals surface area contributed by atoms with E-state index in [1.165, 1.54) is 12.7 Å². The van der Waals surface area contributed by atoms with Crippen LogP contribution in [0.1, 0.15) is 28.8 Å². The van der Waals surface area contributed by atoms with Crippen LogP contribution in [0.25, 0.3) is 0 Å². The van der Waals surface area contributed by atoms with Gasteiger partial charge in [-0.1, -0.05) is 22.0 Å². The fourth-order valence-electron chi connectivity index (χ4n) is 1.96. The van der Waals surface area contributed by atoms with E-state index in [2.05, 4.69) is 15.9 Å². The summed E-state index contributed by atoms with van der Waals surface area (Å²) in [6, 6.07) is 5.63. The predicted octanol–water partition coefficient (Wildman–Crippen LogP) is 3.65. The van der Waals surface area contributed by atoms with E-state index in [-0.39, 0.29) is 5.97 Å². The summed E-state index contributed by atoms with van der Waals surface area (Å²) in [6.45, 7) is 1.75. The van der Waals surface area contributed by atoms with E-state index in [0.29, 0.717) is 10.8 Å². The molecule has 0 N–H and O–H groups in total. The molecule has 1 aromatic rings. The topological polar surface area (TPSA) is 35.5 Å². The molecular formula is C14H17BrO3S. The molecule has 5 heteroatoms. The van der Waals surface area contributed by atoms with E-state index in [0.717, 1.165) is 36.3 Å². The molecule has 0 atom stereocenters. The van der Waals surface area contributed by atoms with E-state index >= 15 is 0 Å². The fraction of sp³-hybridized carbons (Fsp3) is 0.500. The summed E-state index contributed by atoms with van der Waals surface area (Å²) >= 11 is 5.48. The lowest BCUT2D eigenvalue weighted by Gasteiger charge is -2.21. The Morgan fingerprint density at radius 3 is 2.84 bits per heavy atom. The van der Waals surface area contributed by atoms with Gasteiger partial charge in [-0.15, -0.1) is 0 Å². The van der Waals surface area contributed by atoms with Gasteiger partial charge < -0.3 is 9.47 Å². The summed E-state index contributed by atoms with van der Waals surface area (Å²) in [7, 11) is 1.39. The van der Waals surface area contributed by atoms with E-state index in [9.17, 15) is 4.79 Å². The second-order valence-corrected chi connectivity index (χ2v) is 6.56. The molecule has 104 valence electrons. The number of methoxy groups -OCH3 is 1. The maximum atomic E-state index is 11.4. The van der Waals surface area contributed by atoms with Crippen molar-refractivity contribution in [1.29, 1.82) is 0 Å². The van der Waals surface area contributed by atoms with Crippen LogP contribution in [0.15, 0.2) is 22.7 Å². The number of benzene rings is 1. The standard InChI is InChI=1S/C14H17BrO3S/c1-17-14(16)10-2-3-11(13(15)8-10)9-19-12-4-6-18-7-5-12/h2-3,8,12H,4-7,9H2,1H3. The molecule has 1 aliphatic rings. The first-order valence-electron chi connectivity index (χ1n) is 6.27. The maximum absolute atomic E-state index is 11.4. The molecule has 1 heterocycles. The zero-order valence-electron chi connectivity index (χ0n) is 10.9. The lowest BCUT2D eigenvalue weighted by molar-refractivity contribution is 0.0600. The molecule has 0 spiro atoms. The Bertz CT molecular complexity index is 444. The first kappa shape index (κ1) is 14.9.